The summed E-state index contributed by atoms with van der Waals surface area (Å²) in [4.78, 5) is 10.2. The fourth-order valence-corrected chi connectivity index (χ4v) is 2.72. The number of rotatable bonds is 2. The number of hydrogen-bond donors (Lipinski definition) is 1. The first kappa shape index (κ1) is 10.9. The summed E-state index contributed by atoms with van der Waals surface area (Å²) in [6.45, 7) is 6.70. The van der Waals surface area contributed by atoms with Crippen LogP contribution in [0.1, 0.15) is 11.8 Å². The van der Waals surface area contributed by atoms with Crippen LogP contribution < -0.4 is 5.73 Å². The Morgan fingerprint density at radius 2 is 2.40 bits per heavy atom. The highest BCUT2D eigenvalue weighted by Crippen LogP contribution is 2.19. The number of piperazine rings is 1. The summed E-state index contributed by atoms with van der Waals surface area (Å²) in [6, 6.07) is 0.618. The van der Waals surface area contributed by atoms with Crippen molar-refractivity contribution in [3.63, 3.8) is 0 Å². The van der Waals surface area contributed by atoms with Crippen molar-refractivity contribution in [3.8, 4) is 0 Å². The quantitative estimate of drug-likeness (QED) is 0.812. The van der Waals surface area contributed by atoms with E-state index in [1.165, 1.54) is 4.88 Å². The topological polar surface area (TPSA) is 45.4 Å². The van der Waals surface area contributed by atoms with Crippen LogP contribution in [-0.2, 0) is 6.54 Å². The molecule has 1 saturated heterocycles. The van der Waals surface area contributed by atoms with Gasteiger partial charge in [0.15, 0.2) is 5.13 Å². The molecule has 0 radical (unpaired) electrons. The molecule has 0 saturated carbocycles. The second-order valence-electron chi connectivity index (χ2n) is 4.25. The molecule has 0 amide bonds. The zero-order chi connectivity index (χ0) is 10.8. The molecule has 2 N–H and O–H groups in total. The number of nitrogen functional groups attached to an aromatic ring is 1. The van der Waals surface area contributed by atoms with E-state index in [1.54, 1.807) is 11.3 Å². The average molecular weight is 226 g/mol. The van der Waals surface area contributed by atoms with Crippen LogP contribution in [0.25, 0.3) is 0 Å². The first-order valence-electron chi connectivity index (χ1n) is 5.28. The van der Waals surface area contributed by atoms with E-state index in [-0.39, 0.29) is 0 Å². The normalized spacial score (nSPS) is 24.5. The van der Waals surface area contributed by atoms with Crippen LogP contribution in [0.15, 0.2) is 6.20 Å². The first-order chi connectivity index (χ1) is 7.15. The van der Waals surface area contributed by atoms with Gasteiger partial charge in [-0.1, -0.05) is 0 Å². The van der Waals surface area contributed by atoms with E-state index in [9.17, 15) is 0 Å². The highest BCUT2D eigenvalue weighted by atomic mass is 32.1. The lowest BCUT2D eigenvalue weighted by Gasteiger charge is -2.37. The number of nitrogens with zero attached hydrogens (tertiary/aromatic N) is 3. The van der Waals surface area contributed by atoms with Crippen LogP contribution in [0, 0.1) is 0 Å². The van der Waals surface area contributed by atoms with Gasteiger partial charge in [0, 0.05) is 43.3 Å². The van der Waals surface area contributed by atoms with Crippen molar-refractivity contribution in [1.82, 2.24) is 14.8 Å². The van der Waals surface area contributed by atoms with Crippen molar-refractivity contribution in [2.45, 2.75) is 19.5 Å². The van der Waals surface area contributed by atoms with Crippen LogP contribution in [-0.4, -0.2) is 47.5 Å². The lowest BCUT2D eigenvalue weighted by atomic mass is 10.2. The largest absolute Gasteiger partial charge is 0.375 e. The number of likely N-dealkylation sites (N-methyl/N-ethyl adjacent to an activating group) is 1. The predicted octanol–water partition coefficient (Wildman–Crippen LogP) is 0.861. The number of hydrogen-bond acceptors (Lipinski definition) is 5. The minimum atomic E-state index is 0.618. The summed E-state index contributed by atoms with van der Waals surface area (Å²) in [5, 5.41) is 0.673. The van der Waals surface area contributed by atoms with Gasteiger partial charge in [0.1, 0.15) is 0 Å². The summed E-state index contributed by atoms with van der Waals surface area (Å²) < 4.78 is 0. The Morgan fingerprint density at radius 3 is 3.00 bits per heavy atom. The average Bonchev–Trinajstić information content (AvgIpc) is 2.56. The molecule has 1 atom stereocenters. The summed E-state index contributed by atoms with van der Waals surface area (Å²) in [6.07, 6.45) is 1.89. The molecular weight excluding hydrogens is 208 g/mol. The summed E-state index contributed by atoms with van der Waals surface area (Å²) in [7, 11) is 2.18. The Bertz CT molecular complexity index is 325. The maximum atomic E-state index is 5.62. The maximum Gasteiger partial charge on any atom is 0.180 e. The Morgan fingerprint density at radius 1 is 1.60 bits per heavy atom. The van der Waals surface area contributed by atoms with Gasteiger partial charge in [-0.2, -0.15) is 0 Å². The molecule has 4 nitrogen and oxygen atoms in total. The number of nitrogens with two attached hydrogens (primary N) is 1. The summed E-state index contributed by atoms with van der Waals surface area (Å²) in [5.41, 5.74) is 5.62. The molecular formula is C10H18N4S. The van der Waals surface area contributed by atoms with Crippen molar-refractivity contribution in [2.24, 2.45) is 0 Å². The Labute approximate surface area is 94.7 Å². The minimum Gasteiger partial charge on any atom is -0.375 e. The zero-order valence-electron chi connectivity index (χ0n) is 9.31. The van der Waals surface area contributed by atoms with Crippen LogP contribution in [0.5, 0.6) is 0 Å². The molecule has 2 rings (SSSR count). The third-order valence-electron chi connectivity index (χ3n) is 2.90. The molecule has 84 valence electrons. The first-order valence-corrected chi connectivity index (χ1v) is 6.09. The van der Waals surface area contributed by atoms with E-state index in [0.717, 1.165) is 26.2 Å². The van der Waals surface area contributed by atoms with Gasteiger partial charge in [0.05, 0.1) is 0 Å². The Hall–Kier alpha value is -0.650. The number of aromatic nitrogens is 1. The molecule has 1 aliphatic heterocycles. The highest BCUT2D eigenvalue weighted by molar-refractivity contribution is 7.15. The number of thiazole rings is 1. The standard InChI is InChI=1S/C10H18N4S/c1-8-6-13(2)3-4-14(8)7-9-5-12-10(11)15-9/h5,8H,3-4,6-7H2,1-2H3,(H2,11,12). The van der Waals surface area contributed by atoms with Gasteiger partial charge in [-0.25, -0.2) is 4.98 Å². The van der Waals surface area contributed by atoms with Gasteiger partial charge in [0.2, 0.25) is 0 Å². The fraction of sp³-hybridized carbons (Fsp3) is 0.700. The molecule has 1 aliphatic rings. The van der Waals surface area contributed by atoms with E-state index in [0.29, 0.717) is 11.2 Å². The molecule has 1 aromatic heterocycles. The van der Waals surface area contributed by atoms with Gasteiger partial charge in [-0.05, 0) is 14.0 Å². The second kappa shape index (κ2) is 4.47. The Kier molecular flexibility index (Phi) is 3.23. The molecule has 0 aliphatic carbocycles. The van der Waals surface area contributed by atoms with Crippen LogP contribution in [0.2, 0.25) is 0 Å². The minimum absolute atomic E-state index is 0.618. The van der Waals surface area contributed by atoms with Crippen LogP contribution in [0.4, 0.5) is 5.13 Å². The maximum absolute atomic E-state index is 5.62. The lowest BCUT2D eigenvalue weighted by molar-refractivity contribution is 0.0947. The Balaban J connectivity index is 1.94. The van der Waals surface area contributed by atoms with E-state index in [2.05, 4.69) is 28.8 Å². The second-order valence-corrected chi connectivity index (χ2v) is 5.39. The summed E-state index contributed by atoms with van der Waals surface area (Å²) in [5.74, 6) is 0. The highest BCUT2D eigenvalue weighted by Gasteiger charge is 2.21. The van der Waals surface area contributed by atoms with E-state index >= 15 is 0 Å². The molecule has 1 unspecified atom stereocenters. The smallest absolute Gasteiger partial charge is 0.180 e. The molecule has 0 bridgehead atoms. The third kappa shape index (κ3) is 2.68. The number of anilines is 1. The van der Waals surface area contributed by atoms with Crippen molar-refractivity contribution >= 4 is 16.5 Å². The van der Waals surface area contributed by atoms with E-state index in [4.69, 9.17) is 5.73 Å². The molecule has 0 spiro atoms. The van der Waals surface area contributed by atoms with Gasteiger partial charge in [0.25, 0.3) is 0 Å². The van der Waals surface area contributed by atoms with Crippen molar-refractivity contribution in [3.05, 3.63) is 11.1 Å². The third-order valence-corrected chi connectivity index (χ3v) is 3.71. The summed E-state index contributed by atoms with van der Waals surface area (Å²) >= 11 is 1.60. The fourth-order valence-electron chi connectivity index (χ4n) is 2.01. The van der Waals surface area contributed by atoms with Gasteiger partial charge in [-0.3, -0.25) is 4.90 Å². The molecule has 1 aromatic rings. The van der Waals surface area contributed by atoms with Crippen molar-refractivity contribution < 1.29 is 0 Å². The molecule has 5 heteroatoms. The van der Waals surface area contributed by atoms with Gasteiger partial charge >= 0.3 is 0 Å². The predicted molar refractivity (Wildman–Crippen MR) is 63.9 cm³/mol. The van der Waals surface area contributed by atoms with Gasteiger partial charge in [-0.15, -0.1) is 11.3 Å². The van der Waals surface area contributed by atoms with Crippen molar-refractivity contribution in [2.75, 3.05) is 32.4 Å². The van der Waals surface area contributed by atoms with Crippen LogP contribution >= 0.6 is 11.3 Å². The lowest BCUT2D eigenvalue weighted by Crippen LogP contribution is -2.49. The van der Waals surface area contributed by atoms with Gasteiger partial charge < -0.3 is 10.6 Å². The van der Waals surface area contributed by atoms with Crippen molar-refractivity contribution in [1.29, 1.82) is 0 Å². The molecule has 15 heavy (non-hydrogen) atoms. The van der Waals surface area contributed by atoms with E-state index < -0.39 is 0 Å². The molecule has 1 fully saturated rings. The monoisotopic (exact) mass is 226 g/mol. The van der Waals surface area contributed by atoms with E-state index in [1.807, 2.05) is 6.20 Å². The molecule has 2 heterocycles. The molecule has 0 aromatic carbocycles. The van der Waals surface area contributed by atoms with Crippen LogP contribution in [0.3, 0.4) is 0 Å². The SMILES string of the molecule is CC1CN(C)CCN1Cc1cnc(N)s1. The zero-order valence-corrected chi connectivity index (χ0v) is 10.1.